The number of hydrogen-bond donors (Lipinski definition) is 0. The van der Waals surface area contributed by atoms with Crippen LogP contribution in [0.5, 0.6) is 0 Å². The van der Waals surface area contributed by atoms with Gasteiger partial charge in [0.05, 0.1) is 5.41 Å². The molecule has 0 N–H and O–H groups in total. The average Bonchev–Trinajstić information content (AvgIpc) is 3.59. The van der Waals surface area contributed by atoms with E-state index < -0.39 is 5.41 Å². The molecule has 0 bridgehead atoms. The lowest BCUT2D eigenvalue weighted by Crippen LogP contribution is -2.28. The third kappa shape index (κ3) is 5.73. The summed E-state index contributed by atoms with van der Waals surface area (Å²) in [6, 6.07) is 86.0. The normalized spacial score (nSPS) is 12.4. The summed E-state index contributed by atoms with van der Waals surface area (Å²) in [6.45, 7) is 0. The first kappa shape index (κ1) is 33.4. The predicted molar refractivity (Wildman–Crippen MR) is 235 cm³/mol. The van der Waals surface area contributed by atoms with Crippen molar-refractivity contribution >= 4 is 17.1 Å². The molecular formula is C55H39N. The lowest BCUT2D eigenvalue weighted by molar-refractivity contribution is 0.768. The largest absolute Gasteiger partial charge is 0.311 e. The van der Waals surface area contributed by atoms with E-state index in [2.05, 4.69) is 241 Å². The number of benzene rings is 9. The van der Waals surface area contributed by atoms with Gasteiger partial charge in [-0.1, -0.05) is 194 Å². The van der Waals surface area contributed by atoms with Gasteiger partial charge in [-0.3, -0.25) is 0 Å². The molecule has 1 nitrogen and oxygen atoms in total. The van der Waals surface area contributed by atoms with Crippen LogP contribution in [0.1, 0.15) is 22.3 Å². The molecule has 10 rings (SSSR count). The molecule has 0 radical (unpaired) electrons. The molecular weight excluding hydrogens is 675 g/mol. The van der Waals surface area contributed by atoms with E-state index in [1.165, 1.54) is 66.8 Å². The first-order chi connectivity index (χ1) is 27.8. The van der Waals surface area contributed by atoms with Crippen LogP contribution in [0.2, 0.25) is 0 Å². The topological polar surface area (TPSA) is 3.24 Å². The van der Waals surface area contributed by atoms with Gasteiger partial charge in [-0.05, 0) is 109 Å². The maximum absolute atomic E-state index is 2.40. The minimum atomic E-state index is -0.399. The molecule has 9 aromatic carbocycles. The Morgan fingerprint density at radius 1 is 0.250 bits per heavy atom. The molecule has 1 aliphatic carbocycles. The fraction of sp³-hybridized carbons (Fsp3) is 0.0182. The third-order valence-electron chi connectivity index (χ3n) is 11.4. The maximum atomic E-state index is 2.40. The fourth-order valence-electron chi connectivity index (χ4n) is 8.75. The van der Waals surface area contributed by atoms with Crippen molar-refractivity contribution < 1.29 is 0 Å². The van der Waals surface area contributed by atoms with Crippen molar-refractivity contribution in [3.8, 4) is 44.5 Å². The van der Waals surface area contributed by atoms with Gasteiger partial charge in [-0.25, -0.2) is 0 Å². The highest BCUT2D eigenvalue weighted by Gasteiger charge is 2.45. The molecule has 264 valence electrons. The van der Waals surface area contributed by atoms with Gasteiger partial charge in [-0.15, -0.1) is 0 Å². The monoisotopic (exact) mass is 713 g/mol. The van der Waals surface area contributed by atoms with Gasteiger partial charge in [0.1, 0.15) is 0 Å². The van der Waals surface area contributed by atoms with Crippen molar-refractivity contribution in [3.05, 3.63) is 259 Å². The van der Waals surface area contributed by atoms with E-state index in [4.69, 9.17) is 0 Å². The molecule has 1 aliphatic rings. The fourth-order valence-corrected chi connectivity index (χ4v) is 8.75. The Hall–Kier alpha value is -7.22. The summed E-state index contributed by atoms with van der Waals surface area (Å²) in [5.41, 5.74) is 17.9. The van der Waals surface area contributed by atoms with Crippen molar-refractivity contribution in [1.82, 2.24) is 0 Å². The van der Waals surface area contributed by atoms with Crippen molar-refractivity contribution in [3.63, 3.8) is 0 Å². The lowest BCUT2D eigenvalue weighted by atomic mass is 9.67. The van der Waals surface area contributed by atoms with Crippen LogP contribution >= 0.6 is 0 Å². The minimum absolute atomic E-state index is 0.399. The highest BCUT2D eigenvalue weighted by molar-refractivity contribution is 5.89. The number of rotatable bonds is 8. The molecule has 0 unspecified atom stereocenters. The quantitative estimate of drug-likeness (QED) is 0.152. The summed E-state index contributed by atoms with van der Waals surface area (Å²) in [5, 5.41) is 0. The first-order valence-electron chi connectivity index (χ1n) is 19.3. The van der Waals surface area contributed by atoms with Gasteiger partial charge in [-0.2, -0.15) is 0 Å². The molecule has 0 amide bonds. The van der Waals surface area contributed by atoms with Crippen molar-refractivity contribution in [2.75, 3.05) is 4.90 Å². The maximum Gasteiger partial charge on any atom is 0.0713 e. The van der Waals surface area contributed by atoms with Crippen LogP contribution in [-0.4, -0.2) is 0 Å². The molecule has 9 aromatic rings. The van der Waals surface area contributed by atoms with Crippen molar-refractivity contribution in [1.29, 1.82) is 0 Å². The Kier molecular flexibility index (Phi) is 8.46. The van der Waals surface area contributed by atoms with Crippen LogP contribution < -0.4 is 4.90 Å². The van der Waals surface area contributed by atoms with Crippen LogP contribution in [0.4, 0.5) is 17.1 Å². The second-order valence-corrected chi connectivity index (χ2v) is 14.5. The van der Waals surface area contributed by atoms with E-state index in [1.807, 2.05) is 0 Å². The molecule has 1 heteroatoms. The van der Waals surface area contributed by atoms with E-state index in [-0.39, 0.29) is 0 Å². The number of anilines is 3. The van der Waals surface area contributed by atoms with Gasteiger partial charge in [0.15, 0.2) is 0 Å². The van der Waals surface area contributed by atoms with E-state index >= 15 is 0 Å². The second kappa shape index (κ2) is 14.2. The third-order valence-corrected chi connectivity index (χ3v) is 11.4. The molecule has 0 aliphatic heterocycles. The first-order valence-corrected chi connectivity index (χ1v) is 19.3. The zero-order chi connectivity index (χ0) is 37.3. The standard InChI is InChI=1S/C55H39N/c1-5-15-40(16-6-1)42-25-32-48(33-26-42)56(49-34-27-43(28-35-49)41-17-7-2-8-18-41)50-36-29-44(30-37-50)45-31-38-54-52(39-45)51-23-13-14-24-53(51)55(54,46-19-9-3-10-20-46)47-21-11-4-12-22-47/h1-39H. The van der Waals surface area contributed by atoms with Crippen LogP contribution in [-0.2, 0) is 5.41 Å². The second-order valence-electron chi connectivity index (χ2n) is 14.5. The summed E-state index contributed by atoms with van der Waals surface area (Å²) in [4.78, 5) is 2.35. The number of hydrogen-bond acceptors (Lipinski definition) is 1. The van der Waals surface area contributed by atoms with Gasteiger partial charge in [0.2, 0.25) is 0 Å². The molecule has 0 saturated carbocycles. The van der Waals surface area contributed by atoms with Crippen LogP contribution in [0.25, 0.3) is 44.5 Å². The van der Waals surface area contributed by atoms with E-state index in [9.17, 15) is 0 Å². The molecule has 0 aromatic heterocycles. The predicted octanol–water partition coefficient (Wildman–Crippen LogP) is 14.5. The molecule has 0 fully saturated rings. The van der Waals surface area contributed by atoms with Crippen molar-refractivity contribution in [2.24, 2.45) is 0 Å². The Labute approximate surface area is 329 Å². The highest BCUT2D eigenvalue weighted by atomic mass is 15.1. The summed E-state index contributed by atoms with van der Waals surface area (Å²) in [6.07, 6.45) is 0. The number of fused-ring (bicyclic) bond motifs is 3. The van der Waals surface area contributed by atoms with E-state index in [0.717, 1.165) is 17.1 Å². The Bertz CT molecular complexity index is 2610. The highest BCUT2D eigenvalue weighted by Crippen LogP contribution is 2.56. The van der Waals surface area contributed by atoms with Gasteiger partial charge in [0.25, 0.3) is 0 Å². The molecule has 0 spiro atoms. The van der Waals surface area contributed by atoms with Gasteiger partial charge >= 0.3 is 0 Å². The smallest absolute Gasteiger partial charge is 0.0713 e. The zero-order valence-corrected chi connectivity index (χ0v) is 31.0. The zero-order valence-electron chi connectivity index (χ0n) is 31.0. The van der Waals surface area contributed by atoms with Crippen LogP contribution in [0.3, 0.4) is 0 Å². The van der Waals surface area contributed by atoms with Crippen molar-refractivity contribution in [2.45, 2.75) is 5.41 Å². The Balaban J connectivity index is 1.05. The van der Waals surface area contributed by atoms with Gasteiger partial charge < -0.3 is 4.90 Å². The molecule has 56 heavy (non-hydrogen) atoms. The summed E-state index contributed by atoms with van der Waals surface area (Å²) < 4.78 is 0. The number of nitrogens with zero attached hydrogens (tertiary/aromatic N) is 1. The molecule has 0 saturated heterocycles. The summed E-state index contributed by atoms with van der Waals surface area (Å²) >= 11 is 0. The summed E-state index contributed by atoms with van der Waals surface area (Å²) in [7, 11) is 0. The van der Waals surface area contributed by atoms with Gasteiger partial charge in [0, 0.05) is 17.1 Å². The molecule has 0 heterocycles. The summed E-state index contributed by atoms with van der Waals surface area (Å²) in [5.74, 6) is 0. The average molecular weight is 714 g/mol. The Morgan fingerprint density at radius 3 is 1.05 bits per heavy atom. The Morgan fingerprint density at radius 2 is 0.589 bits per heavy atom. The van der Waals surface area contributed by atoms with Crippen LogP contribution in [0, 0.1) is 0 Å². The SMILES string of the molecule is c1ccc(-c2ccc(N(c3ccc(-c4ccccc4)cc3)c3ccc(-c4ccc5c(c4)-c4ccccc4C5(c4ccccc4)c4ccccc4)cc3)cc2)cc1. The lowest BCUT2D eigenvalue weighted by Gasteiger charge is -2.33. The van der Waals surface area contributed by atoms with E-state index in [0.29, 0.717) is 0 Å². The minimum Gasteiger partial charge on any atom is -0.311 e. The van der Waals surface area contributed by atoms with E-state index in [1.54, 1.807) is 0 Å². The van der Waals surface area contributed by atoms with Crippen LogP contribution in [0.15, 0.2) is 237 Å². The molecule has 0 atom stereocenters.